The van der Waals surface area contributed by atoms with Crippen molar-refractivity contribution in [1.82, 2.24) is 0 Å². The van der Waals surface area contributed by atoms with Gasteiger partial charge in [-0.2, -0.15) is 11.3 Å². The third kappa shape index (κ3) is 2.03. The molecule has 1 aromatic carbocycles. The van der Waals surface area contributed by atoms with Gasteiger partial charge < -0.3 is 5.11 Å². The average Bonchev–Trinajstić information content (AvgIpc) is 2.70. The van der Waals surface area contributed by atoms with Crippen LogP contribution in [-0.2, 0) is 0 Å². The van der Waals surface area contributed by atoms with Gasteiger partial charge in [0.1, 0.15) is 0 Å². The maximum absolute atomic E-state index is 11.0. The van der Waals surface area contributed by atoms with E-state index in [0.717, 1.165) is 5.56 Å². The summed E-state index contributed by atoms with van der Waals surface area (Å²) in [6.45, 7) is 0. The Balaban J connectivity index is 2.61. The third-order valence-corrected chi connectivity index (χ3v) is 2.96. The summed E-state index contributed by atoms with van der Waals surface area (Å²) in [5.41, 5.74) is 1.85. The predicted molar refractivity (Wildman–Crippen MR) is 61.7 cm³/mol. The predicted octanol–water partition coefficient (Wildman–Crippen LogP) is 3.77. The maximum Gasteiger partial charge on any atom is 0.336 e. The average molecular weight is 239 g/mol. The zero-order valence-corrected chi connectivity index (χ0v) is 9.18. The van der Waals surface area contributed by atoms with E-state index >= 15 is 0 Å². The van der Waals surface area contributed by atoms with Gasteiger partial charge in [-0.05, 0) is 40.1 Å². The number of halogens is 1. The van der Waals surface area contributed by atoms with Gasteiger partial charge in [0.2, 0.25) is 0 Å². The SMILES string of the molecule is O=C(O)c1cc(Cl)ccc1-c1ccsc1. The van der Waals surface area contributed by atoms with Crippen molar-refractivity contribution in [3.63, 3.8) is 0 Å². The molecule has 1 N–H and O–H groups in total. The van der Waals surface area contributed by atoms with E-state index in [0.29, 0.717) is 10.6 Å². The molecule has 0 bridgehead atoms. The van der Waals surface area contributed by atoms with Crippen LogP contribution in [0.25, 0.3) is 11.1 Å². The van der Waals surface area contributed by atoms with Gasteiger partial charge in [-0.15, -0.1) is 0 Å². The van der Waals surface area contributed by atoms with E-state index < -0.39 is 5.97 Å². The van der Waals surface area contributed by atoms with Crippen molar-refractivity contribution in [3.8, 4) is 11.1 Å². The van der Waals surface area contributed by atoms with Gasteiger partial charge in [0.25, 0.3) is 0 Å². The highest BCUT2D eigenvalue weighted by Gasteiger charge is 2.12. The summed E-state index contributed by atoms with van der Waals surface area (Å²) >= 11 is 7.29. The molecule has 0 unspecified atom stereocenters. The molecule has 1 aromatic heterocycles. The van der Waals surface area contributed by atoms with Gasteiger partial charge in [-0.25, -0.2) is 4.79 Å². The number of aromatic carboxylic acids is 1. The monoisotopic (exact) mass is 238 g/mol. The molecule has 0 fully saturated rings. The molecule has 4 heteroatoms. The van der Waals surface area contributed by atoms with Gasteiger partial charge in [0.05, 0.1) is 5.56 Å². The minimum atomic E-state index is -0.960. The molecule has 15 heavy (non-hydrogen) atoms. The van der Waals surface area contributed by atoms with Gasteiger partial charge in [0, 0.05) is 5.02 Å². The Morgan fingerprint density at radius 1 is 1.33 bits per heavy atom. The van der Waals surface area contributed by atoms with Crippen molar-refractivity contribution in [3.05, 3.63) is 45.6 Å². The Morgan fingerprint density at radius 2 is 2.13 bits per heavy atom. The van der Waals surface area contributed by atoms with E-state index in [-0.39, 0.29) is 5.56 Å². The second-order valence-electron chi connectivity index (χ2n) is 3.01. The van der Waals surface area contributed by atoms with Crippen molar-refractivity contribution in [2.24, 2.45) is 0 Å². The summed E-state index contributed by atoms with van der Waals surface area (Å²) in [5, 5.41) is 13.3. The Bertz CT molecular complexity index is 491. The highest BCUT2D eigenvalue weighted by Crippen LogP contribution is 2.28. The van der Waals surface area contributed by atoms with Gasteiger partial charge in [-0.1, -0.05) is 17.7 Å². The molecule has 0 saturated carbocycles. The lowest BCUT2D eigenvalue weighted by atomic mass is 10.0. The second-order valence-corrected chi connectivity index (χ2v) is 4.22. The zero-order valence-electron chi connectivity index (χ0n) is 7.61. The van der Waals surface area contributed by atoms with Gasteiger partial charge >= 0.3 is 5.97 Å². The first kappa shape index (κ1) is 10.2. The van der Waals surface area contributed by atoms with Crippen molar-refractivity contribution < 1.29 is 9.90 Å². The van der Waals surface area contributed by atoms with Crippen LogP contribution in [0.4, 0.5) is 0 Å². The summed E-state index contributed by atoms with van der Waals surface area (Å²) in [7, 11) is 0. The van der Waals surface area contributed by atoms with Crippen molar-refractivity contribution in [2.45, 2.75) is 0 Å². The minimum absolute atomic E-state index is 0.237. The van der Waals surface area contributed by atoms with Gasteiger partial charge in [-0.3, -0.25) is 0 Å². The summed E-state index contributed by atoms with van der Waals surface area (Å²) < 4.78 is 0. The van der Waals surface area contributed by atoms with E-state index in [2.05, 4.69) is 0 Å². The molecule has 1 heterocycles. The standard InChI is InChI=1S/C11H7ClO2S/c12-8-1-2-9(7-3-4-15-6-7)10(5-8)11(13)14/h1-6H,(H,13,14). The summed E-state index contributed by atoms with van der Waals surface area (Å²) in [5.74, 6) is -0.960. The number of carboxylic acid groups (broad SMARTS) is 1. The molecule has 0 aliphatic carbocycles. The number of rotatable bonds is 2. The first-order valence-corrected chi connectivity index (χ1v) is 5.56. The quantitative estimate of drug-likeness (QED) is 0.865. The second kappa shape index (κ2) is 4.04. The van der Waals surface area contributed by atoms with Crippen LogP contribution in [0.1, 0.15) is 10.4 Å². The molecule has 0 spiro atoms. The van der Waals surface area contributed by atoms with Crippen LogP contribution in [0.2, 0.25) is 5.02 Å². The lowest BCUT2D eigenvalue weighted by Gasteiger charge is -2.04. The highest BCUT2D eigenvalue weighted by atomic mass is 35.5. The van der Waals surface area contributed by atoms with Crippen molar-refractivity contribution >= 4 is 28.9 Å². The lowest BCUT2D eigenvalue weighted by molar-refractivity contribution is 0.0697. The van der Waals surface area contributed by atoms with E-state index in [4.69, 9.17) is 16.7 Å². The summed E-state index contributed by atoms with van der Waals surface area (Å²) in [4.78, 5) is 11.0. The minimum Gasteiger partial charge on any atom is -0.478 e. The maximum atomic E-state index is 11.0. The third-order valence-electron chi connectivity index (χ3n) is 2.04. The first-order valence-electron chi connectivity index (χ1n) is 4.24. The van der Waals surface area contributed by atoms with Crippen LogP contribution in [0.15, 0.2) is 35.0 Å². The first-order chi connectivity index (χ1) is 7.18. The Kier molecular flexibility index (Phi) is 2.75. The molecule has 0 atom stereocenters. The highest BCUT2D eigenvalue weighted by molar-refractivity contribution is 7.08. The summed E-state index contributed by atoms with van der Waals surface area (Å²) in [6.07, 6.45) is 0. The smallest absolute Gasteiger partial charge is 0.336 e. The van der Waals surface area contributed by atoms with E-state index in [1.165, 1.54) is 17.4 Å². The molecule has 0 aliphatic rings. The molecule has 76 valence electrons. The van der Waals surface area contributed by atoms with E-state index in [1.807, 2.05) is 16.8 Å². The van der Waals surface area contributed by atoms with Crippen molar-refractivity contribution in [2.75, 3.05) is 0 Å². The van der Waals surface area contributed by atoms with E-state index in [9.17, 15) is 4.79 Å². The number of hydrogen-bond acceptors (Lipinski definition) is 2. The summed E-state index contributed by atoms with van der Waals surface area (Å²) in [6, 6.07) is 6.78. The van der Waals surface area contributed by atoms with Gasteiger partial charge in [0.15, 0.2) is 0 Å². The normalized spacial score (nSPS) is 10.2. The number of benzene rings is 1. The topological polar surface area (TPSA) is 37.3 Å². The molecule has 2 rings (SSSR count). The Labute approximate surface area is 95.8 Å². The molecule has 2 nitrogen and oxygen atoms in total. The van der Waals surface area contributed by atoms with E-state index in [1.54, 1.807) is 12.1 Å². The molecule has 0 amide bonds. The number of thiophene rings is 1. The van der Waals surface area contributed by atoms with Crippen molar-refractivity contribution in [1.29, 1.82) is 0 Å². The largest absolute Gasteiger partial charge is 0.478 e. The van der Waals surface area contributed by atoms with Crippen LogP contribution in [0.5, 0.6) is 0 Å². The van der Waals surface area contributed by atoms with Crippen LogP contribution in [0, 0.1) is 0 Å². The van der Waals surface area contributed by atoms with Crippen LogP contribution in [0.3, 0.4) is 0 Å². The fourth-order valence-electron chi connectivity index (χ4n) is 1.36. The molecular weight excluding hydrogens is 232 g/mol. The Morgan fingerprint density at radius 3 is 2.73 bits per heavy atom. The molecule has 0 radical (unpaired) electrons. The van der Waals surface area contributed by atoms with Crippen LogP contribution < -0.4 is 0 Å². The molecule has 0 saturated heterocycles. The fourth-order valence-corrected chi connectivity index (χ4v) is 2.19. The number of carbonyl (C=O) groups is 1. The molecule has 0 aliphatic heterocycles. The number of hydrogen-bond donors (Lipinski definition) is 1. The Hall–Kier alpha value is -1.32. The number of carboxylic acids is 1. The lowest BCUT2D eigenvalue weighted by Crippen LogP contribution is -1.98. The molecule has 2 aromatic rings. The molecular formula is C11H7ClO2S. The zero-order chi connectivity index (χ0) is 10.8. The van der Waals surface area contributed by atoms with Crippen LogP contribution in [-0.4, -0.2) is 11.1 Å². The fraction of sp³-hybridized carbons (Fsp3) is 0. The van der Waals surface area contributed by atoms with Crippen LogP contribution >= 0.6 is 22.9 Å².